The average Bonchev–Trinajstić information content (AvgIpc) is 2.88. The summed E-state index contributed by atoms with van der Waals surface area (Å²) in [6.07, 6.45) is 5.22. The third-order valence-corrected chi connectivity index (χ3v) is 5.18. The van der Waals surface area contributed by atoms with E-state index in [1.165, 1.54) is 12.8 Å². The number of likely N-dealkylation sites (N-methyl/N-ethyl adjacent to an activating group) is 1. The zero-order valence-electron chi connectivity index (χ0n) is 14.5. The van der Waals surface area contributed by atoms with E-state index in [2.05, 4.69) is 10.6 Å². The largest absolute Gasteiger partial charge is 0.336 e. The normalized spacial score (nSPS) is 25.3. The third-order valence-electron chi connectivity index (χ3n) is 5.18. The van der Waals surface area contributed by atoms with Gasteiger partial charge in [-0.1, -0.05) is 17.7 Å². The number of fused-ring (bicyclic) bond motifs is 2. The number of benzene rings is 1. The SMILES string of the molecule is Cc1ccc(NC(=O)CN(C)C(=O)CC2CC3CCC(C2)N3)cc1. The molecule has 2 fully saturated rings. The van der Waals surface area contributed by atoms with Gasteiger partial charge in [-0.15, -0.1) is 0 Å². The van der Waals surface area contributed by atoms with E-state index in [-0.39, 0.29) is 18.4 Å². The average molecular weight is 329 g/mol. The van der Waals surface area contributed by atoms with Crippen molar-refractivity contribution in [3.05, 3.63) is 29.8 Å². The Kier molecular flexibility index (Phi) is 5.19. The van der Waals surface area contributed by atoms with Crippen molar-refractivity contribution < 1.29 is 9.59 Å². The highest BCUT2D eigenvalue weighted by molar-refractivity contribution is 5.94. The Bertz CT molecular complexity index is 587. The lowest BCUT2D eigenvalue weighted by atomic mass is 9.89. The second-order valence-corrected chi connectivity index (χ2v) is 7.34. The summed E-state index contributed by atoms with van der Waals surface area (Å²) in [6, 6.07) is 8.85. The number of hydrogen-bond acceptors (Lipinski definition) is 3. The molecule has 130 valence electrons. The second kappa shape index (κ2) is 7.34. The van der Waals surface area contributed by atoms with Gasteiger partial charge in [-0.3, -0.25) is 9.59 Å². The number of anilines is 1. The van der Waals surface area contributed by atoms with Crippen molar-refractivity contribution in [2.45, 2.75) is 51.1 Å². The molecule has 2 saturated heterocycles. The van der Waals surface area contributed by atoms with Gasteiger partial charge in [0, 0.05) is 31.2 Å². The highest BCUT2D eigenvalue weighted by Gasteiger charge is 2.34. The monoisotopic (exact) mass is 329 g/mol. The maximum Gasteiger partial charge on any atom is 0.243 e. The van der Waals surface area contributed by atoms with Crippen LogP contribution in [0.15, 0.2) is 24.3 Å². The molecule has 0 aliphatic carbocycles. The number of nitrogens with zero attached hydrogens (tertiary/aromatic N) is 1. The fourth-order valence-electron chi connectivity index (χ4n) is 3.89. The van der Waals surface area contributed by atoms with E-state index in [0.29, 0.717) is 24.4 Å². The first-order valence-electron chi connectivity index (χ1n) is 8.86. The van der Waals surface area contributed by atoms with Crippen LogP contribution in [0.25, 0.3) is 0 Å². The molecule has 1 aromatic rings. The molecule has 2 bridgehead atoms. The Morgan fingerprint density at radius 1 is 1.17 bits per heavy atom. The van der Waals surface area contributed by atoms with Gasteiger partial charge in [-0.05, 0) is 50.7 Å². The van der Waals surface area contributed by atoms with E-state index in [1.807, 2.05) is 31.2 Å². The molecule has 24 heavy (non-hydrogen) atoms. The predicted octanol–water partition coefficient (Wildman–Crippen LogP) is 2.31. The van der Waals surface area contributed by atoms with Gasteiger partial charge in [0.2, 0.25) is 11.8 Å². The number of rotatable bonds is 5. The van der Waals surface area contributed by atoms with Gasteiger partial charge in [-0.25, -0.2) is 0 Å². The van der Waals surface area contributed by atoms with Crippen LogP contribution in [0.1, 0.15) is 37.7 Å². The minimum absolute atomic E-state index is 0.0698. The first kappa shape index (κ1) is 17.0. The zero-order valence-corrected chi connectivity index (χ0v) is 14.5. The lowest BCUT2D eigenvalue weighted by Crippen LogP contribution is -2.41. The quantitative estimate of drug-likeness (QED) is 0.871. The topological polar surface area (TPSA) is 61.4 Å². The molecule has 2 aliphatic heterocycles. The van der Waals surface area contributed by atoms with Crippen LogP contribution in [0.4, 0.5) is 5.69 Å². The van der Waals surface area contributed by atoms with E-state index >= 15 is 0 Å². The number of carbonyl (C=O) groups excluding carboxylic acids is 2. The van der Waals surface area contributed by atoms with Gasteiger partial charge >= 0.3 is 0 Å². The summed E-state index contributed by atoms with van der Waals surface area (Å²) in [6.45, 7) is 2.11. The van der Waals surface area contributed by atoms with Gasteiger partial charge in [0.05, 0.1) is 6.54 Å². The summed E-state index contributed by atoms with van der Waals surface area (Å²) < 4.78 is 0. The van der Waals surface area contributed by atoms with Crippen LogP contribution in [0.3, 0.4) is 0 Å². The summed E-state index contributed by atoms with van der Waals surface area (Å²) in [5.41, 5.74) is 1.91. The molecule has 2 amide bonds. The van der Waals surface area contributed by atoms with Crippen molar-refractivity contribution >= 4 is 17.5 Å². The van der Waals surface area contributed by atoms with Gasteiger partial charge in [-0.2, -0.15) is 0 Å². The van der Waals surface area contributed by atoms with E-state index in [4.69, 9.17) is 0 Å². The van der Waals surface area contributed by atoms with Crippen LogP contribution in [-0.4, -0.2) is 42.4 Å². The van der Waals surface area contributed by atoms with Gasteiger partial charge in [0.15, 0.2) is 0 Å². The summed E-state index contributed by atoms with van der Waals surface area (Å²) in [5, 5.41) is 6.44. The van der Waals surface area contributed by atoms with Gasteiger partial charge in [0.1, 0.15) is 0 Å². The summed E-state index contributed by atoms with van der Waals surface area (Å²) >= 11 is 0. The van der Waals surface area contributed by atoms with Crippen molar-refractivity contribution in [3.8, 4) is 0 Å². The van der Waals surface area contributed by atoms with Crippen molar-refractivity contribution in [3.63, 3.8) is 0 Å². The first-order chi connectivity index (χ1) is 11.5. The van der Waals surface area contributed by atoms with Crippen LogP contribution in [0.2, 0.25) is 0 Å². The summed E-state index contributed by atoms with van der Waals surface area (Å²) in [7, 11) is 1.72. The summed E-state index contributed by atoms with van der Waals surface area (Å²) in [5.74, 6) is 0.374. The molecule has 0 aromatic heterocycles. The lowest BCUT2D eigenvalue weighted by molar-refractivity contribution is -0.134. The predicted molar refractivity (Wildman–Crippen MR) is 94.7 cm³/mol. The number of piperidine rings is 1. The van der Waals surface area contributed by atoms with Gasteiger partial charge in [0.25, 0.3) is 0 Å². The summed E-state index contributed by atoms with van der Waals surface area (Å²) in [4.78, 5) is 26.1. The van der Waals surface area contributed by atoms with Crippen LogP contribution >= 0.6 is 0 Å². The maximum absolute atomic E-state index is 12.4. The molecule has 5 nitrogen and oxygen atoms in total. The molecule has 2 atom stereocenters. The first-order valence-corrected chi connectivity index (χ1v) is 8.86. The van der Waals surface area contributed by atoms with E-state index in [0.717, 1.165) is 24.1 Å². The molecule has 2 N–H and O–H groups in total. The molecular weight excluding hydrogens is 302 g/mol. The molecule has 5 heteroatoms. The highest BCUT2D eigenvalue weighted by Crippen LogP contribution is 2.32. The smallest absolute Gasteiger partial charge is 0.243 e. The van der Waals surface area contributed by atoms with Crippen molar-refractivity contribution in [2.24, 2.45) is 5.92 Å². The Hall–Kier alpha value is -1.88. The molecule has 0 radical (unpaired) electrons. The van der Waals surface area contributed by atoms with E-state index in [1.54, 1.807) is 11.9 Å². The maximum atomic E-state index is 12.4. The molecule has 2 heterocycles. The number of nitrogens with one attached hydrogen (secondary N) is 2. The third kappa shape index (κ3) is 4.35. The van der Waals surface area contributed by atoms with Crippen LogP contribution in [0.5, 0.6) is 0 Å². The molecule has 2 unspecified atom stereocenters. The minimum Gasteiger partial charge on any atom is -0.336 e. The van der Waals surface area contributed by atoms with Gasteiger partial charge < -0.3 is 15.5 Å². The number of hydrogen-bond donors (Lipinski definition) is 2. The fraction of sp³-hybridized carbons (Fsp3) is 0.579. The standard InChI is InChI=1S/C19H27N3O2/c1-13-3-5-15(6-4-13)21-18(23)12-22(2)19(24)11-14-9-16-7-8-17(10-14)20-16/h3-6,14,16-17,20H,7-12H2,1-2H3,(H,21,23). The highest BCUT2D eigenvalue weighted by atomic mass is 16.2. The molecule has 2 aliphatic rings. The molecular formula is C19H27N3O2. The number of carbonyl (C=O) groups is 2. The zero-order chi connectivity index (χ0) is 17.1. The minimum atomic E-state index is -0.153. The molecule has 3 rings (SSSR count). The van der Waals surface area contributed by atoms with Crippen molar-refractivity contribution in [1.82, 2.24) is 10.2 Å². The van der Waals surface area contributed by atoms with Crippen LogP contribution in [0, 0.1) is 12.8 Å². The van der Waals surface area contributed by atoms with Crippen LogP contribution in [-0.2, 0) is 9.59 Å². The Labute approximate surface area is 143 Å². The Morgan fingerprint density at radius 3 is 2.42 bits per heavy atom. The molecule has 1 aromatic carbocycles. The van der Waals surface area contributed by atoms with Crippen LogP contribution < -0.4 is 10.6 Å². The van der Waals surface area contributed by atoms with E-state index < -0.39 is 0 Å². The Balaban J connectivity index is 1.45. The second-order valence-electron chi connectivity index (χ2n) is 7.34. The van der Waals surface area contributed by atoms with Crippen molar-refractivity contribution in [1.29, 1.82) is 0 Å². The lowest BCUT2D eigenvalue weighted by Gasteiger charge is -2.29. The van der Waals surface area contributed by atoms with E-state index in [9.17, 15) is 9.59 Å². The van der Waals surface area contributed by atoms with Crippen molar-refractivity contribution in [2.75, 3.05) is 18.9 Å². The number of amides is 2. The Morgan fingerprint density at radius 2 is 1.79 bits per heavy atom. The fourth-order valence-corrected chi connectivity index (χ4v) is 3.89. The molecule has 0 saturated carbocycles. The molecule has 0 spiro atoms. The number of aryl methyl sites for hydroxylation is 1.